The topological polar surface area (TPSA) is 83.2 Å². The van der Waals surface area contributed by atoms with Crippen molar-refractivity contribution in [2.45, 2.75) is 26.8 Å². The van der Waals surface area contributed by atoms with Gasteiger partial charge in [0.25, 0.3) is 0 Å². The number of hydrogen-bond donors (Lipinski definition) is 1. The van der Waals surface area contributed by atoms with Crippen molar-refractivity contribution in [2.24, 2.45) is 0 Å². The van der Waals surface area contributed by atoms with Crippen LogP contribution in [-0.4, -0.2) is 46.0 Å². The smallest absolute Gasteiger partial charge is 0.241 e. The number of pyridine rings is 1. The molecule has 3 heterocycles. The van der Waals surface area contributed by atoms with Gasteiger partial charge in [-0.15, -0.1) is 0 Å². The minimum atomic E-state index is -0.123. The number of nitrogens with zero attached hydrogens (tertiary/aromatic N) is 4. The number of methoxy groups -OCH3 is 2. The first-order valence-corrected chi connectivity index (χ1v) is 10.5. The van der Waals surface area contributed by atoms with E-state index in [9.17, 15) is 4.79 Å². The highest BCUT2D eigenvalue weighted by atomic mass is 16.5. The van der Waals surface area contributed by atoms with Crippen LogP contribution in [0.5, 0.6) is 11.5 Å². The zero-order valence-corrected chi connectivity index (χ0v) is 18.8. The lowest BCUT2D eigenvalue weighted by Crippen LogP contribution is -2.30. The molecule has 0 radical (unpaired) electrons. The molecule has 32 heavy (non-hydrogen) atoms. The molecule has 8 nitrogen and oxygen atoms in total. The Balaban J connectivity index is 1.50. The maximum absolute atomic E-state index is 12.7. The van der Waals surface area contributed by atoms with Crippen LogP contribution in [0.15, 0.2) is 48.8 Å². The van der Waals surface area contributed by atoms with Gasteiger partial charge in [0.15, 0.2) is 11.5 Å². The fourth-order valence-corrected chi connectivity index (χ4v) is 3.85. The molecule has 8 heteroatoms. The Labute approximate surface area is 186 Å². The monoisotopic (exact) mass is 433 g/mol. The first-order valence-electron chi connectivity index (χ1n) is 10.5. The van der Waals surface area contributed by atoms with Gasteiger partial charge in [-0.2, -0.15) is 5.10 Å². The van der Waals surface area contributed by atoms with Crippen molar-refractivity contribution in [3.8, 4) is 17.3 Å². The second-order valence-corrected chi connectivity index (χ2v) is 7.63. The Bertz CT molecular complexity index is 1240. The standard InChI is InChI=1S/C24H27N5O3/c1-16-13-17(2)26-23-22(16)24(28-11-5-6-12-28)27-29(23)15-21(30)25-10-9-18-7-8-19(31-3)14-20(18)32-4/h5-8,11-14H,9-10,15H2,1-4H3,(H,25,30). The molecule has 0 bridgehead atoms. The number of ether oxygens (including phenoxy) is 2. The highest BCUT2D eigenvalue weighted by Gasteiger charge is 2.18. The van der Waals surface area contributed by atoms with Crippen molar-refractivity contribution in [1.82, 2.24) is 24.6 Å². The summed E-state index contributed by atoms with van der Waals surface area (Å²) in [6.45, 7) is 4.56. The number of nitrogens with one attached hydrogen (secondary N) is 1. The average molecular weight is 434 g/mol. The van der Waals surface area contributed by atoms with Gasteiger partial charge < -0.3 is 19.4 Å². The number of carbonyl (C=O) groups excluding carboxylic acids is 1. The van der Waals surface area contributed by atoms with Gasteiger partial charge in [-0.05, 0) is 55.7 Å². The van der Waals surface area contributed by atoms with E-state index in [0.717, 1.165) is 39.5 Å². The molecule has 1 aromatic carbocycles. The van der Waals surface area contributed by atoms with E-state index in [-0.39, 0.29) is 12.5 Å². The van der Waals surface area contributed by atoms with Gasteiger partial charge in [0.2, 0.25) is 5.91 Å². The fourth-order valence-electron chi connectivity index (χ4n) is 3.85. The number of aryl methyl sites for hydroxylation is 2. The maximum Gasteiger partial charge on any atom is 0.241 e. The van der Waals surface area contributed by atoms with Crippen molar-refractivity contribution >= 4 is 16.9 Å². The molecule has 1 N–H and O–H groups in total. The van der Waals surface area contributed by atoms with Crippen LogP contribution < -0.4 is 14.8 Å². The Morgan fingerprint density at radius 2 is 1.88 bits per heavy atom. The molecule has 0 spiro atoms. The van der Waals surface area contributed by atoms with Crippen LogP contribution in [0.2, 0.25) is 0 Å². The van der Waals surface area contributed by atoms with Crippen molar-refractivity contribution in [3.63, 3.8) is 0 Å². The van der Waals surface area contributed by atoms with Crippen LogP contribution >= 0.6 is 0 Å². The fraction of sp³-hybridized carbons (Fsp3) is 0.292. The number of aromatic nitrogens is 4. The zero-order chi connectivity index (χ0) is 22.7. The van der Waals surface area contributed by atoms with Crippen LogP contribution in [-0.2, 0) is 17.8 Å². The largest absolute Gasteiger partial charge is 0.497 e. The highest BCUT2D eigenvalue weighted by Crippen LogP contribution is 2.26. The lowest BCUT2D eigenvalue weighted by molar-refractivity contribution is -0.121. The van der Waals surface area contributed by atoms with Gasteiger partial charge in [0.05, 0.1) is 19.6 Å². The second kappa shape index (κ2) is 9.13. The van der Waals surface area contributed by atoms with E-state index < -0.39 is 0 Å². The number of fused-ring (bicyclic) bond motifs is 1. The first kappa shape index (κ1) is 21.4. The van der Waals surface area contributed by atoms with Gasteiger partial charge in [0, 0.05) is 30.7 Å². The molecule has 0 saturated carbocycles. The molecular formula is C24H27N5O3. The molecule has 0 aliphatic heterocycles. The molecule has 0 aliphatic rings. The van der Waals surface area contributed by atoms with Crippen LogP contribution in [0, 0.1) is 13.8 Å². The molecule has 166 valence electrons. The minimum absolute atomic E-state index is 0.0907. The van der Waals surface area contributed by atoms with E-state index in [1.807, 2.05) is 67.2 Å². The van der Waals surface area contributed by atoms with Crippen LogP contribution in [0.4, 0.5) is 0 Å². The van der Waals surface area contributed by atoms with E-state index >= 15 is 0 Å². The van der Waals surface area contributed by atoms with Gasteiger partial charge >= 0.3 is 0 Å². The summed E-state index contributed by atoms with van der Waals surface area (Å²) in [4.78, 5) is 17.4. The van der Waals surface area contributed by atoms with Crippen molar-refractivity contribution in [2.75, 3.05) is 20.8 Å². The number of hydrogen-bond acceptors (Lipinski definition) is 5. The maximum atomic E-state index is 12.7. The number of benzene rings is 1. The molecule has 0 unspecified atom stereocenters. The Kier molecular flexibility index (Phi) is 6.11. The third kappa shape index (κ3) is 4.30. The Morgan fingerprint density at radius 1 is 1.09 bits per heavy atom. The number of amides is 1. The summed E-state index contributed by atoms with van der Waals surface area (Å²) in [6, 6.07) is 11.6. The Hall–Kier alpha value is -3.81. The van der Waals surface area contributed by atoms with Crippen molar-refractivity contribution in [1.29, 1.82) is 0 Å². The molecule has 4 rings (SSSR count). The zero-order valence-electron chi connectivity index (χ0n) is 18.8. The van der Waals surface area contributed by atoms with Gasteiger partial charge in [-0.25, -0.2) is 9.67 Å². The molecular weight excluding hydrogens is 406 g/mol. The highest BCUT2D eigenvalue weighted by molar-refractivity contribution is 5.88. The molecule has 0 atom stereocenters. The van der Waals surface area contributed by atoms with Crippen LogP contribution in [0.25, 0.3) is 16.9 Å². The lowest BCUT2D eigenvalue weighted by atomic mass is 10.1. The van der Waals surface area contributed by atoms with E-state index in [0.29, 0.717) is 18.6 Å². The summed E-state index contributed by atoms with van der Waals surface area (Å²) in [7, 11) is 3.24. The summed E-state index contributed by atoms with van der Waals surface area (Å²) >= 11 is 0. The predicted octanol–water partition coefficient (Wildman–Crippen LogP) is 3.21. The van der Waals surface area contributed by atoms with E-state index in [4.69, 9.17) is 14.6 Å². The van der Waals surface area contributed by atoms with E-state index in [1.54, 1.807) is 18.9 Å². The molecule has 0 fully saturated rings. The number of carbonyl (C=O) groups is 1. The van der Waals surface area contributed by atoms with Crippen molar-refractivity contribution in [3.05, 3.63) is 65.6 Å². The predicted molar refractivity (Wildman–Crippen MR) is 123 cm³/mol. The van der Waals surface area contributed by atoms with Gasteiger partial charge in [0.1, 0.15) is 18.0 Å². The van der Waals surface area contributed by atoms with Gasteiger partial charge in [-0.1, -0.05) is 6.07 Å². The molecule has 3 aromatic heterocycles. The van der Waals surface area contributed by atoms with Gasteiger partial charge in [-0.3, -0.25) is 4.79 Å². The van der Waals surface area contributed by atoms with Crippen LogP contribution in [0.1, 0.15) is 16.8 Å². The SMILES string of the molecule is COc1ccc(CCNC(=O)Cn2nc(-n3cccc3)c3c(C)cc(C)nc32)c(OC)c1. The summed E-state index contributed by atoms with van der Waals surface area (Å²) in [5, 5.41) is 8.63. The third-order valence-corrected chi connectivity index (χ3v) is 5.36. The summed E-state index contributed by atoms with van der Waals surface area (Å²) in [5.74, 6) is 2.12. The lowest BCUT2D eigenvalue weighted by Gasteiger charge is -2.11. The molecule has 4 aromatic rings. The molecule has 1 amide bonds. The minimum Gasteiger partial charge on any atom is -0.497 e. The number of rotatable bonds is 8. The first-order chi connectivity index (χ1) is 15.5. The Morgan fingerprint density at radius 3 is 2.59 bits per heavy atom. The van der Waals surface area contributed by atoms with Crippen LogP contribution in [0.3, 0.4) is 0 Å². The second-order valence-electron chi connectivity index (χ2n) is 7.63. The molecule has 0 aliphatic carbocycles. The average Bonchev–Trinajstić information content (AvgIpc) is 3.42. The quantitative estimate of drug-likeness (QED) is 0.461. The summed E-state index contributed by atoms with van der Waals surface area (Å²) < 4.78 is 14.3. The summed E-state index contributed by atoms with van der Waals surface area (Å²) in [6.07, 6.45) is 4.52. The third-order valence-electron chi connectivity index (χ3n) is 5.36. The van der Waals surface area contributed by atoms with E-state index in [2.05, 4.69) is 10.3 Å². The van der Waals surface area contributed by atoms with E-state index in [1.165, 1.54) is 0 Å². The van der Waals surface area contributed by atoms with Crippen molar-refractivity contribution < 1.29 is 14.3 Å². The summed E-state index contributed by atoms with van der Waals surface area (Å²) in [5.41, 5.74) is 3.68. The molecule has 0 saturated heterocycles. The normalized spacial score (nSPS) is 11.0.